The zero-order valence-electron chi connectivity index (χ0n) is 15.3. The van der Waals surface area contributed by atoms with Gasteiger partial charge in [-0.25, -0.2) is 0 Å². The van der Waals surface area contributed by atoms with Crippen molar-refractivity contribution in [2.24, 2.45) is 0 Å². The van der Waals surface area contributed by atoms with Crippen molar-refractivity contribution in [2.75, 3.05) is 6.61 Å². The van der Waals surface area contributed by atoms with Gasteiger partial charge in [-0.05, 0) is 35.6 Å². The lowest BCUT2D eigenvalue weighted by molar-refractivity contribution is 0.268. The molecule has 0 radical (unpaired) electrons. The molecular weight excluding hydrogens is 284 g/mol. The van der Waals surface area contributed by atoms with E-state index in [1.54, 1.807) is 0 Å². The molecular formula is C21H30O2. The normalized spacial score (nSPS) is 10.5. The van der Waals surface area contributed by atoms with Crippen LogP contribution in [0.3, 0.4) is 0 Å². The molecule has 2 aromatic rings. The molecule has 0 aromatic heterocycles. The van der Waals surface area contributed by atoms with Crippen LogP contribution < -0.4 is 9.47 Å². The van der Waals surface area contributed by atoms with Crippen molar-refractivity contribution in [3.8, 4) is 11.5 Å². The average Bonchev–Trinajstić information content (AvgIpc) is 2.56. The fraction of sp³-hybridized carbons (Fsp3) is 0.429. The van der Waals surface area contributed by atoms with Gasteiger partial charge in [-0.15, -0.1) is 0 Å². The number of hydrogen-bond donors (Lipinski definition) is 0. The first-order valence-corrected chi connectivity index (χ1v) is 8.44. The molecule has 2 aromatic carbocycles. The van der Waals surface area contributed by atoms with Gasteiger partial charge in [0, 0.05) is 0 Å². The summed E-state index contributed by atoms with van der Waals surface area (Å²) in [7, 11) is 0. The third-order valence-corrected chi connectivity index (χ3v) is 3.35. The highest BCUT2D eigenvalue weighted by atomic mass is 16.5. The van der Waals surface area contributed by atoms with Crippen molar-refractivity contribution in [3.05, 3.63) is 59.7 Å². The monoisotopic (exact) mass is 314 g/mol. The van der Waals surface area contributed by atoms with Crippen LogP contribution in [0.2, 0.25) is 0 Å². The second-order valence-corrected chi connectivity index (χ2v) is 6.12. The Morgan fingerprint density at radius 1 is 0.826 bits per heavy atom. The third-order valence-electron chi connectivity index (χ3n) is 3.35. The van der Waals surface area contributed by atoms with Crippen LogP contribution in [0.1, 0.15) is 52.7 Å². The molecule has 0 aliphatic carbocycles. The summed E-state index contributed by atoms with van der Waals surface area (Å²) in [5.74, 6) is 1.62. The van der Waals surface area contributed by atoms with E-state index in [-0.39, 0.29) is 5.41 Å². The lowest BCUT2D eigenvalue weighted by Gasteiger charge is -2.21. The first-order valence-electron chi connectivity index (χ1n) is 8.44. The summed E-state index contributed by atoms with van der Waals surface area (Å²) in [6, 6.07) is 16.4. The third kappa shape index (κ3) is 5.97. The standard InChI is InChI=1S/C19H24O2.C2H6/c1-5-20-17-12-11-16(19(2,3)4)13-18(17)21-14-15-9-7-6-8-10-15;1-2/h6-13H,5,14H2,1-4H3;1-2H3. The predicted octanol–water partition coefficient (Wildman–Crippen LogP) is 5.99. The Bertz CT molecular complexity index is 568. The molecule has 0 spiro atoms. The molecule has 0 aliphatic rings. The minimum atomic E-state index is 0.0929. The molecule has 0 N–H and O–H groups in total. The average molecular weight is 314 g/mol. The van der Waals surface area contributed by atoms with Gasteiger partial charge < -0.3 is 9.47 Å². The van der Waals surface area contributed by atoms with E-state index in [9.17, 15) is 0 Å². The smallest absolute Gasteiger partial charge is 0.161 e. The highest BCUT2D eigenvalue weighted by molar-refractivity contribution is 5.45. The van der Waals surface area contributed by atoms with Crippen LogP contribution in [0.25, 0.3) is 0 Å². The van der Waals surface area contributed by atoms with Gasteiger partial charge in [0.25, 0.3) is 0 Å². The molecule has 126 valence electrons. The molecule has 0 aliphatic heterocycles. The Hall–Kier alpha value is -1.96. The number of benzene rings is 2. The molecule has 0 atom stereocenters. The highest BCUT2D eigenvalue weighted by Gasteiger charge is 2.16. The predicted molar refractivity (Wildman–Crippen MR) is 98.4 cm³/mol. The Balaban J connectivity index is 0.00000127. The molecule has 23 heavy (non-hydrogen) atoms. The fourth-order valence-corrected chi connectivity index (χ4v) is 2.10. The van der Waals surface area contributed by atoms with Crippen molar-refractivity contribution < 1.29 is 9.47 Å². The molecule has 0 saturated heterocycles. The molecule has 2 nitrogen and oxygen atoms in total. The Morgan fingerprint density at radius 2 is 1.48 bits per heavy atom. The van der Waals surface area contributed by atoms with Crippen molar-refractivity contribution >= 4 is 0 Å². The largest absolute Gasteiger partial charge is 0.490 e. The molecule has 0 bridgehead atoms. The first kappa shape index (κ1) is 19.1. The topological polar surface area (TPSA) is 18.5 Å². The fourth-order valence-electron chi connectivity index (χ4n) is 2.10. The van der Waals surface area contributed by atoms with Gasteiger partial charge in [0.05, 0.1) is 6.61 Å². The molecule has 0 heterocycles. The maximum absolute atomic E-state index is 5.99. The number of ether oxygens (including phenoxy) is 2. The van der Waals surface area contributed by atoms with E-state index in [2.05, 4.69) is 45.0 Å². The van der Waals surface area contributed by atoms with Crippen molar-refractivity contribution in [1.82, 2.24) is 0 Å². The summed E-state index contributed by atoms with van der Waals surface area (Å²) in [6.45, 7) is 13.8. The van der Waals surface area contributed by atoms with Crippen molar-refractivity contribution in [3.63, 3.8) is 0 Å². The Kier molecular flexibility index (Phi) is 7.67. The molecule has 0 unspecified atom stereocenters. The minimum Gasteiger partial charge on any atom is -0.490 e. The molecule has 0 saturated carbocycles. The van der Waals surface area contributed by atoms with Gasteiger partial charge >= 0.3 is 0 Å². The van der Waals surface area contributed by atoms with Gasteiger partial charge in [-0.3, -0.25) is 0 Å². The van der Waals surface area contributed by atoms with Crippen LogP contribution in [0, 0.1) is 0 Å². The van der Waals surface area contributed by atoms with Crippen LogP contribution in [-0.4, -0.2) is 6.61 Å². The zero-order chi connectivity index (χ0) is 17.3. The van der Waals surface area contributed by atoms with Gasteiger partial charge in [-0.1, -0.05) is 71.0 Å². The van der Waals surface area contributed by atoms with Crippen LogP contribution in [0.5, 0.6) is 11.5 Å². The first-order chi connectivity index (χ1) is 11.0. The van der Waals surface area contributed by atoms with E-state index in [1.807, 2.05) is 45.0 Å². The maximum Gasteiger partial charge on any atom is 0.161 e. The van der Waals surface area contributed by atoms with Gasteiger partial charge in [0.1, 0.15) is 6.61 Å². The Labute approximate surface area is 141 Å². The van der Waals surface area contributed by atoms with Crippen LogP contribution in [-0.2, 0) is 12.0 Å². The van der Waals surface area contributed by atoms with Gasteiger partial charge in [-0.2, -0.15) is 0 Å². The molecule has 0 fully saturated rings. The summed E-state index contributed by atoms with van der Waals surface area (Å²) in [4.78, 5) is 0. The van der Waals surface area contributed by atoms with Crippen molar-refractivity contribution in [2.45, 2.75) is 53.6 Å². The lowest BCUT2D eigenvalue weighted by Crippen LogP contribution is -2.11. The van der Waals surface area contributed by atoms with Gasteiger partial charge in [0.15, 0.2) is 11.5 Å². The van der Waals surface area contributed by atoms with E-state index >= 15 is 0 Å². The van der Waals surface area contributed by atoms with Crippen LogP contribution in [0.4, 0.5) is 0 Å². The van der Waals surface area contributed by atoms with E-state index in [1.165, 1.54) is 5.56 Å². The minimum absolute atomic E-state index is 0.0929. The maximum atomic E-state index is 5.99. The van der Waals surface area contributed by atoms with E-state index in [0.29, 0.717) is 13.2 Å². The van der Waals surface area contributed by atoms with Crippen LogP contribution in [0.15, 0.2) is 48.5 Å². The number of hydrogen-bond acceptors (Lipinski definition) is 2. The zero-order valence-corrected chi connectivity index (χ0v) is 15.3. The van der Waals surface area contributed by atoms with Crippen molar-refractivity contribution in [1.29, 1.82) is 0 Å². The second kappa shape index (κ2) is 9.24. The lowest BCUT2D eigenvalue weighted by atomic mass is 9.87. The summed E-state index contributed by atoms with van der Waals surface area (Å²) in [5, 5.41) is 0. The van der Waals surface area contributed by atoms with E-state index < -0.39 is 0 Å². The van der Waals surface area contributed by atoms with E-state index in [0.717, 1.165) is 17.1 Å². The van der Waals surface area contributed by atoms with Gasteiger partial charge in [0.2, 0.25) is 0 Å². The second-order valence-electron chi connectivity index (χ2n) is 6.12. The summed E-state index contributed by atoms with van der Waals surface area (Å²) in [6.07, 6.45) is 0. The quantitative estimate of drug-likeness (QED) is 0.675. The number of rotatable bonds is 5. The summed E-state index contributed by atoms with van der Waals surface area (Å²) < 4.78 is 11.7. The van der Waals surface area contributed by atoms with E-state index in [4.69, 9.17) is 9.47 Å². The highest BCUT2D eigenvalue weighted by Crippen LogP contribution is 2.33. The molecule has 2 heteroatoms. The molecule has 2 rings (SSSR count). The Morgan fingerprint density at radius 3 is 2.04 bits per heavy atom. The SMILES string of the molecule is CC.CCOc1ccc(C(C)(C)C)cc1OCc1ccccc1. The summed E-state index contributed by atoms with van der Waals surface area (Å²) >= 11 is 0. The van der Waals surface area contributed by atoms with Crippen LogP contribution >= 0.6 is 0 Å². The summed E-state index contributed by atoms with van der Waals surface area (Å²) in [5.41, 5.74) is 2.49. The molecule has 0 amide bonds.